The van der Waals surface area contributed by atoms with Gasteiger partial charge in [-0.15, -0.1) is 0 Å². The van der Waals surface area contributed by atoms with E-state index in [0.717, 1.165) is 48.8 Å². The molecule has 0 radical (unpaired) electrons. The smallest absolute Gasteiger partial charge is 0.348 e. The van der Waals surface area contributed by atoms with E-state index in [1.165, 1.54) is 0 Å². The summed E-state index contributed by atoms with van der Waals surface area (Å²) in [5.41, 5.74) is -0.312. The number of hydrogen-bond acceptors (Lipinski definition) is 2. The molecule has 4 nitrogen and oxygen atoms in total. The molecule has 1 saturated carbocycles. The van der Waals surface area contributed by atoms with Crippen LogP contribution in [0.1, 0.15) is 53.8 Å². The molecule has 1 aliphatic rings. The number of rotatable bonds is 2. The zero-order chi connectivity index (χ0) is 17.5. The lowest BCUT2D eigenvalue weighted by molar-refractivity contribution is -0.137. The van der Waals surface area contributed by atoms with Crippen molar-refractivity contribution in [3.8, 4) is 0 Å². The lowest BCUT2D eigenvalue weighted by atomic mass is 9.95. The number of carbonyl (C=O) groups is 1. The fourth-order valence-electron chi connectivity index (χ4n) is 3.15. The first-order valence-corrected chi connectivity index (χ1v) is 8.21. The molecule has 130 valence electrons. The third-order valence-corrected chi connectivity index (χ3v) is 4.61. The molecule has 0 atom stereocenters. The zero-order valence-corrected chi connectivity index (χ0v) is 13.8. The lowest BCUT2D eigenvalue weighted by Gasteiger charge is -2.22. The first-order valence-electron chi connectivity index (χ1n) is 7.83. The highest BCUT2D eigenvalue weighted by atomic mass is 35.5. The molecule has 1 fully saturated rings. The summed E-state index contributed by atoms with van der Waals surface area (Å²) in [5, 5.41) is 2.77. The highest BCUT2D eigenvalue weighted by Gasteiger charge is 2.33. The van der Waals surface area contributed by atoms with Crippen LogP contribution in [0.3, 0.4) is 0 Å². The number of fused-ring (bicyclic) bond motifs is 1. The maximum absolute atomic E-state index is 13.0. The van der Waals surface area contributed by atoms with Crippen molar-refractivity contribution in [1.29, 1.82) is 0 Å². The number of carbonyl (C=O) groups excluding carboxylic acids is 1. The van der Waals surface area contributed by atoms with Crippen molar-refractivity contribution in [1.82, 2.24) is 14.7 Å². The highest BCUT2D eigenvalue weighted by molar-refractivity contribution is 6.33. The third-order valence-electron chi connectivity index (χ3n) is 4.33. The molecule has 8 heteroatoms. The minimum absolute atomic E-state index is 0.0532. The largest absolute Gasteiger partial charge is 0.417 e. The van der Waals surface area contributed by atoms with Gasteiger partial charge in [0.25, 0.3) is 5.91 Å². The van der Waals surface area contributed by atoms with Crippen LogP contribution in [0.15, 0.2) is 12.3 Å². The average Bonchev–Trinajstić information content (AvgIpc) is 2.84. The Morgan fingerprint density at radius 3 is 2.62 bits per heavy atom. The van der Waals surface area contributed by atoms with Crippen LogP contribution in [0.25, 0.3) is 5.65 Å². The minimum Gasteiger partial charge on any atom is -0.348 e. The van der Waals surface area contributed by atoms with Gasteiger partial charge in [-0.05, 0) is 25.8 Å². The third kappa shape index (κ3) is 3.22. The van der Waals surface area contributed by atoms with Crippen LogP contribution >= 0.6 is 11.6 Å². The van der Waals surface area contributed by atoms with Crippen LogP contribution in [0, 0.1) is 6.92 Å². The van der Waals surface area contributed by atoms with E-state index in [9.17, 15) is 18.0 Å². The van der Waals surface area contributed by atoms with Gasteiger partial charge in [-0.2, -0.15) is 13.2 Å². The molecule has 1 N–H and O–H groups in total. The van der Waals surface area contributed by atoms with Crippen LogP contribution in [-0.2, 0) is 6.18 Å². The summed E-state index contributed by atoms with van der Waals surface area (Å²) in [7, 11) is 0. The van der Waals surface area contributed by atoms with Gasteiger partial charge in [0.1, 0.15) is 5.69 Å². The lowest BCUT2D eigenvalue weighted by Crippen LogP contribution is -2.37. The molecule has 0 bridgehead atoms. The Labute approximate surface area is 142 Å². The molecule has 1 aliphatic carbocycles. The van der Waals surface area contributed by atoms with Gasteiger partial charge in [0.15, 0.2) is 5.65 Å². The molecule has 0 aliphatic heterocycles. The van der Waals surface area contributed by atoms with Crippen molar-refractivity contribution < 1.29 is 18.0 Å². The minimum atomic E-state index is -4.55. The Bertz CT molecular complexity index is 779. The van der Waals surface area contributed by atoms with Gasteiger partial charge in [-0.25, -0.2) is 4.98 Å². The first-order chi connectivity index (χ1) is 11.3. The second kappa shape index (κ2) is 6.27. The number of nitrogens with zero attached hydrogens (tertiary/aromatic N) is 2. The van der Waals surface area contributed by atoms with Gasteiger partial charge in [0, 0.05) is 12.2 Å². The summed E-state index contributed by atoms with van der Waals surface area (Å²) in [6.07, 6.45) is 1.32. The molecule has 0 aromatic carbocycles. The molecule has 0 saturated heterocycles. The number of halogens is 4. The van der Waals surface area contributed by atoms with Gasteiger partial charge in [-0.3, -0.25) is 9.20 Å². The van der Waals surface area contributed by atoms with Crippen molar-refractivity contribution in [2.75, 3.05) is 0 Å². The molecule has 3 rings (SSSR count). The quantitative estimate of drug-likeness (QED) is 0.865. The van der Waals surface area contributed by atoms with E-state index in [4.69, 9.17) is 11.6 Å². The molecule has 0 unspecified atom stereocenters. The molecule has 2 heterocycles. The standard InChI is InChI=1S/C16H17ClF3N3O/c1-9-13(15(24)22-11-5-3-2-4-6-11)23-8-10(16(18,19)20)7-12(17)14(23)21-9/h7-8,11H,2-6H2,1H3,(H,22,24). The van der Waals surface area contributed by atoms with Gasteiger partial charge in [-0.1, -0.05) is 30.9 Å². The van der Waals surface area contributed by atoms with Gasteiger partial charge >= 0.3 is 6.18 Å². The molecular formula is C16H17ClF3N3O. The summed E-state index contributed by atoms with van der Waals surface area (Å²) >= 11 is 5.94. The van der Waals surface area contributed by atoms with Gasteiger partial charge < -0.3 is 5.32 Å². The molecular weight excluding hydrogens is 343 g/mol. The number of hydrogen-bond donors (Lipinski definition) is 1. The van der Waals surface area contributed by atoms with Gasteiger partial charge in [0.05, 0.1) is 16.3 Å². The Morgan fingerprint density at radius 1 is 1.33 bits per heavy atom. The van der Waals surface area contributed by atoms with E-state index >= 15 is 0 Å². The van der Waals surface area contributed by atoms with Crippen molar-refractivity contribution >= 4 is 23.2 Å². The van der Waals surface area contributed by atoms with Crippen LogP contribution in [0.5, 0.6) is 0 Å². The fraction of sp³-hybridized carbons (Fsp3) is 0.500. The Hall–Kier alpha value is -1.76. The summed E-state index contributed by atoms with van der Waals surface area (Å²) in [6, 6.07) is 0.879. The van der Waals surface area contributed by atoms with Gasteiger partial charge in [0.2, 0.25) is 0 Å². The number of amides is 1. The molecule has 24 heavy (non-hydrogen) atoms. The van der Waals surface area contributed by atoms with E-state index < -0.39 is 17.6 Å². The average molecular weight is 360 g/mol. The van der Waals surface area contributed by atoms with E-state index in [0.29, 0.717) is 5.69 Å². The van der Waals surface area contributed by atoms with Crippen LogP contribution in [0.4, 0.5) is 13.2 Å². The number of pyridine rings is 1. The molecule has 2 aromatic rings. The zero-order valence-electron chi connectivity index (χ0n) is 13.1. The monoisotopic (exact) mass is 359 g/mol. The predicted octanol–water partition coefficient (Wildman–Crippen LogP) is 4.38. The summed E-state index contributed by atoms with van der Waals surface area (Å²) in [5.74, 6) is -0.415. The number of aromatic nitrogens is 2. The second-order valence-corrected chi connectivity index (χ2v) is 6.53. The van der Waals surface area contributed by atoms with E-state index in [1.807, 2.05) is 0 Å². The Kier molecular flexibility index (Phi) is 4.46. The van der Waals surface area contributed by atoms with Crippen molar-refractivity contribution in [3.05, 3.63) is 34.2 Å². The predicted molar refractivity (Wildman–Crippen MR) is 84.3 cm³/mol. The van der Waals surface area contributed by atoms with Crippen molar-refractivity contribution in [2.24, 2.45) is 0 Å². The maximum Gasteiger partial charge on any atom is 0.417 e. The first kappa shape index (κ1) is 17.1. The topological polar surface area (TPSA) is 46.4 Å². The summed E-state index contributed by atoms with van der Waals surface area (Å²) < 4.78 is 40.2. The van der Waals surface area contributed by atoms with E-state index in [1.54, 1.807) is 6.92 Å². The fourth-order valence-corrected chi connectivity index (χ4v) is 3.40. The normalized spacial score (nSPS) is 16.5. The number of imidazole rings is 1. The maximum atomic E-state index is 13.0. The second-order valence-electron chi connectivity index (χ2n) is 6.12. The number of alkyl halides is 3. The van der Waals surface area contributed by atoms with Crippen molar-refractivity contribution in [3.63, 3.8) is 0 Å². The summed E-state index contributed by atoms with van der Waals surface area (Å²) in [4.78, 5) is 16.7. The molecule has 1 amide bonds. The SMILES string of the molecule is Cc1nc2c(Cl)cc(C(F)(F)F)cn2c1C(=O)NC1CCCCC1. The van der Waals surface area contributed by atoms with Crippen LogP contribution in [0.2, 0.25) is 5.02 Å². The molecule has 0 spiro atoms. The molecule has 2 aromatic heterocycles. The Balaban J connectivity index is 2.01. The highest BCUT2D eigenvalue weighted by Crippen LogP contribution is 2.33. The Morgan fingerprint density at radius 2 is 2.00 bits per heavy atom. The van der Waals surface area contributed by atoms with E-state index in [2.05, 4.69) is 10.3 Å². The summed E-state index contributed by atoms with van der Waals surface area (Å²) in [6.45, 7) is 1.59. The van der Waals surface area contributed by atoms with Crippen molar-refractivity contribution in [2.45, 2.75) is 51.2 Å². The number of aryl methyl sites for hydroxylation is 1. The van der Waals surface area contributed by atoms with Crippen LogP contribution < -0.4 is 5.32 Å². The number of nitrogens with one attached hydrogen (secondary N) is 1. The van der Waals surface area contributed by atoms with Crippen LogP contribution in [-0.4, -0.2) is 21.3 Å². The van der Waals surface area contributed by atoms with E-state index in [-0.39, 0.29) is 22.4 Å².